The maximum Gasteiger partial charge on any atom is 0.410 e. The van der Waals surface area contributed by atoms with Gasteiger partial charge in [-0.25, -0.2) is 9.78 Å². The van der Waals surface area contributed by atoms with Gasteiger partial charge in [-0.3, -0.25) is 4.79 Å². The number of carbonyl (C=O) groups excluding carboxylic acids is 2. The molecular weight excluding hydrogens is 451 g/mol. The summed E-state index contributed by atoms with van der Waals surface area (Å²) in [7, 11) is 1.58. The minimum atomic E-state index is -0.544. The zero-order valence-corrected chi connectivity index (χ0v) is 18.0. The highest BCUT2D eigenvalue weighted by Gasteiger charge is 2.35. The van der Waals surface area contributed by atoms with E-state index in [4.69, 9.17) is 9.47 Å². The maximum atomic E-state index is 12.5. The van der Waals surface area contributed by atoms with Crippen molar-refractivity contribution in [2.75, 3.05) is 20.2 Å². The van der Waals surface area contributed by atoms with Crippen molar-refractivity contribution in [2.45, 2.75) is 58.3 Å². The molecule has 146 valence electrons. The standard InChI is InChI=1S/C17H27IN4O4/c1-6-10-13(18)21-14(19-10)15(23)20-11-7-8-22(9-12(11)25-5)16(24)26-17(2,3)4/h11-12H,6-9H2,1-5H3,(H,19,21)(H,20,23)/t11-,12+/m0/s1. The average Bonchev–Trinajstić information content (AvgIpc) is 2.94. The summed E-state index contributed by atoms with van der Waals surface area (Å²) in [6.45, 7) is 8.37. The molecule has 1 aliphatic rings. The highest BCUT2D eigenvalue weighted by atomic mass is 127. The molecule has 2 atom stereocenters. The summed E-state index contributed by atoms with van der Waals surface area (Å²) >= 11 is 2.11. The van der Waals surface area contributed by atoms with Gasteiger partial charge in [0.1, 0.15) is 9.30 Å². The number of aryl methyl sites for hydroxylation is 1. The number of ether oxygens (including phenoxy) is 2. The third kappa shape index (κ3) is 5.32. The molecule has 2 heterocycles. The maximum absolute atomic E-state index is 12.5. The Hall–Kier alpha value is -1.36. The van der Waals surface area contributed by atoms with Gasteiger partial charge in [-0.1, -0.05) is 6.92 Å². The van der Waals surface area contributed by atoms with Gasteiger partial charge in [-0.15, -0.1) is 0 Å². The van der Waals surface area contributed by atoms with Crippen molar-refractivity contribution < 1.29 is 19.1 Å². The molecule has 1 aliphatic heterocycles. The lowest BCUT2D eigenvalue weighted by molar-refractivity contribution is -0.0172. The van der Waals surface area contributed by atoms with Crippen LogP contribution in [0.1, 0.15) is 50.4 Å². The molecule has 0 radical (unpaired) electrons. The lowest BCUT2D eigenvalue weighted by Crippen LogP contribution is -2.56. The lowest BCUT2D eigenvalue weighted by Gasteiger charge is -2.38. The second-order valence-electron chi connectivity index (χ2n) is 7.28. The third-order valence-corrected chi connectivity index (χ3v) is 5.02. The highest BCUT2D eigenvalue weighted by molar-refractivity contribution is 14.1. The van der Waals surface area contributed by atoms with Gasteiger partial charge in [0, 0.05) is 19.3 Å². The fraction of sp³-hybridized carbons (Fsp3) is 0.706. The normalized spacial score (nSPS) is 20.8. The van der Waals surface area contributed by atoms with E-state index >= 15 is 0 Å². The fourth-order valence-corrected chi connectivity index (χ4v) is 3.54. The largest absolute Gasteiger partial charge is 0.444 e. The Morgan fingerprint density at radius 2 is 2.12 bits per heavy atom. The first kappa shape index (κ1) is 20.9. The van der Waals surface area contributed by atoms with E-state index in [0.29, 0.717) is 25.3 Å². The van der Waals surface area contributed by atoms with Crippen LogP contribution in [0.2, 0.25) is 0 Å². The van der Waals surface area contributed by atoms with Crippen molar-refractivity contribution >= 4 is 34.6 Å². The highest BCUT2D eigenvalue weighted by Crippen LogP contribution is 2.18. The number of imidazole rings is 1. The van der Waals surface area contributed by atoms with Crippen LogP contribution in [0.25, 0.3) is 0 Å². The molecule has 26 heavy (non-hydrogen) atoms. The van der Waals surface area contributed by atoms with Crippen LogP contribution in [-0.4, -0.2) is 64.8 Å². The van der Waals surface area contributed by atoms with E-state index in [1.807, 2.05) is 27.7 Å². The van der Waals surface area contributed by atoms with E-state index in [-0.39, 0.29) is 24.1 Å². The first-order chi connectivity index (χ1) is 12.1. The summed E-state index contributed by atoms with van der Waals surface area (Å²) in [5, 5.41) is 2.97. The van der Waals surface area contributed by atoms with Crippen LogP contribution in [0.4, 0.5) is 4.79 Å². The van der Waals surface area contributed by atoms with Gasteiger partial charge in [0.05, 0.1) is 18.7 Å². The summed E-state index contributed by atoms with van der Waals surface area (Å²) < 4.78 is 11.7. The summed E-state index contributed by atoms with van der Waals surface area (Å²) in [6, 6.07) is -0.195. The van der Waals surface area contributed by atoms with Crippen molar-refractivity contribution in [2.24, 2.45) is 0 Å². The van der Waals surface area contributed by atoms with Crippen LogP contribution in [0, 0.1) is 3.70 Å². The summed E-state index contributed by atoms with van der Waals surface area (Å²) in [5.41, 5.74) is 0.400. The number of hydrogen-bond donors (Lipinski definition) is 2. The number of aromatic nitrogens is 2. The number of amides is 2. The minimum Gasteiger partial charge on any atom is -0.444 e. The second-order valence-corrected chi connectivity index (χ2v) is 8.30. The zero-order chi connectivity index (χ0) is 19.5. The van der Waals surface area contributed by atoms with Crippen LogP contribution >= 0.6 is 22.6 Å². The molecule has 2 N–H and O–H groups in total. The predicted molar refractivity (Wildman–Crippen MR) is 105 cm³/mol. The first-order valence-electron chi connectivity index (χ1n) is 8.70. The Bertz CT molecular complexity index is 656. The molecular formula is C17H27IN4O4. The van der Waals surface area contributed by atoms with Crippen LogP contribution in [0.3, 0.4) is 0 Å². The van der Waals surface area contributed by atoms with Crippen molar-refractivity contribution in [3.05, 3.63) is 15.2 Å². The van der Waals surface area contributed by atoms with Gasteiger partial charge in [0.2, 0.25) is 0 Å². The minimum absolute atomic E-state index is 0.195. The van der Waals surface area contributed by atoms with E-state index < -0.39 is 5.60 Å². The summed E-state index contributed by atoms with van der Waals surface area (Å²) in [4.78, 5) is 33.7. The number of likely N-dealkylation sites (tertiary alicyclic amines) is 1. The molecule has 0 saturated carbocycles. The Labute approximate surface area is 167 Å². The van der Waals surface area contributed by atoms with E-state index in [9.17, 15) is 9.59 Å². The van der Waals surface area contributed by atoms with Crippen molar-refractivity contribution in [3.8, 4) is 0 Å². The topological polar surface area (TPSA) is 96.6 Å². The molecule has 1 aromatic heterocycles. The molecule has 8 nitrogen and oxygen atoms in total. The summed E-state index contributed by atoms with van der Waals surface area (Å²) in [5.74, 6) is 0.0380. The van der Waals surface area contributed by atoms with E-state index in [0.717, 1.165) is 15.8 Å². The van der Waals surface area contributed by atoms with Crippen molar-refractivity contribution in [1.29, 1.82) is 0 Å². The number of nitrogens with one attached hydrogen (secondary N) is 2. The van der Waals surface area contributed by atoms with Gasteiger partial charge in [0.25, 0.3) is 5.91 Å². The molecule has 2 amide bonds. The molecule has 1 fully saturated rings. The van der Waals surface area contributed by atoms with Crippen LogP contribution < -0.4 is 5.32 Å². The Balaban J connectivity index is 1.98. The van der Waals surface area contributed by atoms with E-state index in [1.165, 1.54) is 0 Å². The van der Waals surface area contributed by atoms with Gasteiger partial charge in [0.15, 0.2) is 5.82 Å². The first-order valence-corrected chi connectivity index (χ1v) is 9.78. The number of methoxy groups -OCH3 is 1. The molecule has 0 aliphatic carbocycles. The monoisotopic (exact) mass is 478 g/mol. The number of aromatic amines is 1. The SMILES string of the molecule is CCc1[nH]c(C(=O)N[C@H]2CCN(C(=O)OC(C)(C)C)C[C@H]2OC)nc1I. The zero-order valence-electron chi connectivity index (χ0n) is 15.9. The van der Waals surface area contributed by atoms with Gasteiger partial charge in [-0.2, -0.15) is 0 Å². The molecule has 0 aromatic carbocycles. The predicted octanol–water partition coefficient (Wildman–Crippen LogP) is 2.33. The van der Waals surface area contributed by atoms with E-state index in [2.05, 4.69) is 37.9 Å². The van der Waals surface area contributed by atoms with Crippen LogP contribution in [0.15, 0.2) is 0 Å². The number of hydrogen-bond acceptors (Lipinski definition) is 5. The molecule has 0 spiro atoms. The molecule has 1 aromatic rings. The molecule has 0 unspecified atom stereocenters. The van der Waals surface area contributed by atoms with Crippen LogP contribution in [0.5, 0.6) is 0 Å². The molecule has 9 heteroatoms. The second kappa shape index (κ2) is 8.55. The molecule has 0 bridgehead atoms. The Kier molecular flexibility index (Phi) is 6.89. The smallest absolute Gasteiger partial charge is 0.410 e. The van der Waals surface area contributed by atoms with E-state index in [1.54, 1.807) is 12.0 Å². The van der Waals surface area contributed by atoms with Crippen LogP contribution in [-0.2, 0) is 15.9 Å². The van der Waals surface area contributed by atoms with Gasteiger partial charge >= 0.3 is 6.09 Å². The third-order valence-electron chi connectivity index (χ3n) is 4.13. The summed E-state index contributed by atoms with van der Waals surface area (Å²) in [6.07, 6.45) is 0.701. The molecule has 2 rings (SSSR count). The average molecular weight is 478 g/mol. The number of nitrogens with zero attached hydrogens (tertiary/aromatic N) is 2. The van der Waals surface area contributed by atoms with Gasteiger partial charge < -0.3 is 24.7 Å². The van der Waals surface area contributed by atoms with Crippen molar-refractivity contribution in [3.63, 3.8) is 0 Å². The van der Waals surface area contributed by atoms with Crippen molar-refractivity contribution in [1.82, 2.24) is 20.2 Å². The lowest BCUT2D eigenvalue weighted by atomic mass is 10.0. The Morgan fingerprint density at radius 1 is 1.42 bits per heavy atom. The number of piperidine rings is 1. The number of rotatable bonds is 4. The van der Waals surface area contributed by atoms with Gasteiger partial charge in [-0.05, 0) is 56.2 Å². The number of H-pyrrole nitrogens is 1. The quantitative estimate of drug-likeness (QED) is 0.648. The molecule has 1 saturated heterocycles. The fourth-order valence-electron chi connectivity index (χ4n) is 2.78. The number of halogens is 1. The Morgan fingerprint density at radius 3 is 2.65 bits per heavy atom. The number of carbonyl (C=O) groups is 2.